The number of rotatable bonds is 2. The summed E-state index contributed by atoms with van der Waals surface area (Å²) in [5.41, 5.74) is 6.16. The smallest absolute Gasteiger partial charge is 0.163 e. The normalized spacial score (nSPS) is 9.62. The maximum Gasteiger partial charge on any atom is 0.163 e. The van der Waals surface area contributed by atoms with E-state index in [0.29, 0.717) is 11.6 Å². The predicted molar refractivity (Wildman–Crippen MR) is 56.7 cm³/mol. The van der Waals surface area contributed by atoms with E-state index in [4.69, 9.17) is 22.4 Å². The molecule has 13 heavy (non-hydrogen) atoms. The Balaban J connectivity index is 2.68. The third kappa shape index (κ3) is 3.08. The van der Waals surface area contributed by atoms with Crippen molar-refractivity contribution >= 4 is 28.9 Å². The van der Waals surface area contributed by atoms with Gasteiger partial charge >= 0.3 is 0 Å². The third-order valence-electron chi connectivity index (χ3n) is 1.48. The summed E-state index contributed by atoms with van der Waals surface area (Å²) in [6, 6.07) is 4.92. The van der Waals surface area contributed by atoms with E-state index in [0.717, 1.165) is 5.56 Å². The fourth-order valence-electron chi connectivity index (χ4n) is 0.850. The van der Waals surface area contributed by atoms with Crippen LogP contribution in [0.2, 0.25) is 5.02 Å². The quantitative estimate of drug-likeness (QED) is 0.654. The molecule has 0 bridgehead atoms. The highest BCUT2D eigenvalue weighted by atomic mass is 35.5. The Hall–Kier alpha value is -1.00. The fraction of sp³-hybridized carbons (Fsp3) is 0.125. The molecule has 3 nitrogen and oxygen atoms in total. The zero-order chi connectivity index (χ0) is 9.84. The van der Waals surface area contributed by atoms with Crippen LogP contribution in [-0.2, 0) is 6.54 Å². The van der Waals surface area contributed by atoms with Gasteiger partial charge in [0.2, 0.25) is 0 Å². The van der Waals surface area contributed by atoms with Crippen molar-refractivity contribution < 1.29 is 5.11 Å². The van der Waals surface area contributed by atoms with Gasteiger partial charge in [0, 0.05) is 6.54 Å². The zero-order valence-corrected chi connectivity index (χ0v) is 8.32. The number of aromatic hydroxyl groups is 1. The molecule has 0 unspecified atom stereocenters. The number of hydrogen-bond donors (Lipinski definition) is 3. The third-order valence-corrected chi connectivity index (χ3v) is 1.93. The van der Waals surface area contributed by atoms with Crippen molar-refractivity contribution in [3.8, 4) is 5.75 Å². The first kappa shape index (κ1) is 10.1. The van der Waals surface area contributed by atoms with Gasteiger partial charge in [-0.2, -0.15) is 0 Å². The summed E-state index contributed by atoms with van der Waals surface area (Å²) in [5, 5.41) is 12.5. The van der Waals surface area contributed by atoms with Crippen LogP contribution >= 0.6 is 23.8 Å². The van der Waals surface area contributed by atoms with Crippen molar-refractivity contribution in [3.05, 3.63) is 28.8 Å². The summed E-state index contributed by atoms with van der Waals surface area (Å²) >= 11 is 10.3. The molecule has 1 aromatic carbocycles. The first-order valence-corrected chi connectivity index (χ1v) is 4.39. The molecule has 0 fully saturated rings. The predicted octanol–water partition coefficient (Wildman–Crippen LogP) is 1.38. The van der Waals surface area contributed by atoms with Crippen LogP contribution in [0.5, 0.6) is 5.75 Å². The van der Waals surface area contributed by atoms with E-state index in [1.54, 1.807) is 12.1 Å². The van der Waals surface area contributed by atoms with Crippen LogP contribution < -0.4 is 11.1 Å². The minimum atomic E-state index is 0.0701. The maximum atomic E-state index is 9.12. The van der Waals surface area contributed by atoms with Crippen LogP contribution in [0.1, 0.15) is 5.56 Å². The molecule has 0 aliphatic carbocycles. The number of halogens is 1. The number of thiocarbonyl (C=S) groups is 1. The van der Waals surface area contributed by atoms with Crippen LogP contribution in [0.15, 0.2) is 18.2 Å². The molecule has 0 saturated carbocycles. The van der Waals surface area contributed by atoms with Crippen LogP contribution in [0.4, 0.5) is 0 Å². The lowest BCUT2D eigenvalue weighted by atomic mass is 10.2. The largest absolute Gasteiger partial charge is 0.506 e. The summed E-state index contributed by atoms with van der Waals surface area (Å²) in [6.07, 6.45) is 0. The van der Waals surface area contributed by atoms with Crippen molar-refractivity contribution in [3.63, 3.8) is 0 Å². The van der Waals surface area contributed by atoms with Gasteiger partial charge in [-0.25, -0.2) is 0 Å². The molecular weight excluding hydrogens is 208 g/mol. The van der Waals surface area contributed by atoms with Gasteiger partial charge in [0.05, 0.1) is 5.02 Å². The molecule has 0 aliphatic rings. The Morgan fingerprint density at radius 3 is 2.85 bits per heavy atom. The molecule has 0 heterocycles. The SMILES string of the molecule is NC(=S)NCc1ccc(O)c(Cl)c1. The second-order valence-corrected chi connectivity index (χ2v) is 3.35. The monoisotopic (exact) mass is 216 g/mol. The molecule has 1 rings (SSSR count). The van der Waals surface area contributed by atoms with Crippen molar-refractivity contribution in [1.82, 2.24) is 5.32 Å². The molecule has 0 amide bonds. The van der Waals surface area contributed by atoms with Crippen LogP contribution in [0, 0.1) is 0 Å². The lowest BCUT2D eigenvalue weighted by Gasteiger charge is -2.04. The van der Waals surface area contributed by atoms with Gasteiger partial charge in [0.1, 0.15) is 5.75 Å². The van der Waals surface area contributed by atoms with E-state index in [1.807, 2.05) is 0 Å². The van der Waals surface area contributed by atoms with E-state index in [9.17, 15) is 0 Å². The van der Waals surface area contributed by atoms with Gasteiger partial charge in [-0.3, -0.25) is 0 Å². The Kier molecular flexibility index (Phi) is 3.33. The molecule has 0 aromatic heterocycles. The molecule has 0 saturated heterocycles. The molecular formula is C8H9ClN2OS. The van der Waals surface area contributed by atoms with Crippen molar-refractivity contribution in [2.75, 3.05) is 0 Å². The second kappa shape index (κ2) is 4.30. The molecule has 5 heteroatoms. The average molecular weight is 217 g/mol. The van der Waals surface area contributed by atoms with Crippen molar-refractivity contribution in [2.24, 2.45) is 5.73 Å². The Labute approximate surface area is 86.5 Å². The molecule has 0 radical (unpaired) electrons. The number of nitrogens with two attached hydrogens (primary N) is 1. The number of phenolic OH excluding ortho intramolecular Hbond substituents is 1. The van der Waals surface area contributed by atoms with Gasteiger partial charge in [-0.15, -0.1) is 0 Å². The van der Waals surface area contributed by atoms with Crippen LogP contribution in [0.25, 0.3) is 0 Å². The highest BCUT2D eigenvalue weighted by molar-refractivity contribution is 7.80. The lowest BCUT2D eigenvalue weighted by Crippen LogP contribution is -2.28. The van der Waals surface area contributed by atoms with E-state index < -0.39 is 0 Å². The van der Waals surface area contributed by atoms with Gasteiger partial charge in [-0.1, -0.05) is 17.7 Å². The van der Waals surface area contributed by atoms with Gasteiger partial charge in [0.25, 0.3) is 0 Å². The zero-order valence-electron chi connectivity index (χ0n) is 6.75. The summed E-state index contributed by atoms with van der Waals surface area (Å²) in [6.45, 7) is 0.509. The highest BCUT2D eigenvalue weighted by Crippen LogP contribution is 2.23. The number of phenols is 1. The standard InChI is InChI=1S/C8H9ClN2OS/c9-6-3-5(1-2-7(6)12)4-11-8(10)13/h1-3,12H,4H2,(H3,10,11,13). The Morgan fingerprint density at radius 1 is 1.62 bits per heavy atom. The minimum Gasteiger partial charge on any atom is -0.506 e. The molecule has 0 aliphatic heterocycles. The second-order valence-electron chi connectivity index (χ2n) is 2.50. The van der Waals surface area contributed by atoms with Crippen LogP contribution in [0.3, 0.4) is 0 Å². The first-order chi connectivity index (χ1) is 6.09. The van der Waals surface area contributed by atoms with Crippen molar-refractivity contribution in [1.29, 1.82) is 0 Å². The Morgan fingerprint density at radius 2 is 2.31 bits per heavy atom. The van der Waals surface area contributed by atoms with E-state index >= 15 is 0 Å². The van der Waals surface area contributed by atoms with E-state index in [2.05, 4.69) is 17.5 Å². The summed E-state index contributed by atoms with van der Waals surface area (Å²) in [5.74, 6) is 0.0701. The summed E-state index contributed by atoms with van der Waals surface area (Å²) in [4.78, 5) is 0. The van der Waals surface area contributed by atoms with Gasteiger partial charge in [0.15, 0.2) is 5.11 Å². The lowest BCUT2D eigenvalue weighted by molar-refractivity contribution is 0.475. The Bertz CT molecular complexity index is 330. The minimum absolute atomic E-state index is 0.0701. The molecule has 4 N–H and O–H groups in total. The van der Waals surface area contributed by atoms with Crippen LogP contribution in [-0.4, -0.2) is 10.2 Å². The molecule has 0 atom stereocenters. The fourth-order valence-corrected chi connectivity index (χ4v) is 1.12. The van der Waals surface area contributed by atoms with Gasteiger partial charge < -0.3 is 16.2 Å². The van der Waals surface area contributed by atoms with Gasteiger partial charge in [-0.05, 0) is 29.9 Å². The first-order valence-electron chi connectivity index (χ1n) is 3.60. The highest BCUT2D eigenvalue weighted by Gasteiger charge is 1.99. The van der Waals surface area contributed by atoms with E-state index in [-0.39, 0.29) is 10.9 Å². The summed E-state index contributed by atoms with van der Waals surface area (Å²) in [7, 11) is 0. The molecule has 70 valence electrons. The van der Waals surface area contributed by atoms with E-state index in [1.165, 1.54) is 6.07 Å². The molecule has 0 spiro atoms. The number of benzene rings is 1. The molecule has 1 aromatic rings. The van der Waals surface area contributed by atoms with Crippen molar-refractivity contribution in [2.45, 2.75) is 6.54 Å². The number of hydrogen-bond acceptors (Lipinski definition) is 2. The number of nitrogens with one attached hydrogen (secondary N) is 1. The average Bonchev–Trinajstić information content (AvgIpc) is 2.07. The topological polar surface area (TPSA) is 58.3 Å². The summed E-state index contributed by atoms with van der Waals surface area (Å²) < 4.78 is 0. The maximum absolute atomic E-state index is 9.12.